The number of benzene rings is 1. The monoisotopic (exact) mass is 275 g/mol. The highest BCUT2D eigenvalue weighted by Crippen LogP contribution is 2.29. The van der Waals surface area contributed by atoms with E-state index in [0.29, 0.717) is 5.76 Å². The molecule has 2 nitrogen and oxygen atoms in total. The van der Waals surface area contributed by atoms with E-state index in [1.807, 2.05) is 0 Å². The third kappa shape index (κ3) is 2.35. The minimum atomic E-state index is -2.22. The lowest BCUT2D eigenvalue weighted by Gasteiger charge is -2.03. The van der Waals surface area contributed by atoms with Crippen LogP contribution in [-0.4, -0.2) is 6.21 Å². The largest absolute Gasteiger partial charge is 0.460 e. The minimum Gasteiger partial charge on any atom is -0.460 e. The summed E-state index contributed by atoms with van der Waals surface area (Å²) in [7, 11) is 0. The van der Waals surface area contributed by atoms with Crippen molar-refractivity contribution in [2.24, 2.45) is 4.99 Å². The molecule has 0 amide bonds. The highest BCUT2D eigenvalue weighted by molar-refractivity contribution is 5.78. The zero-order valence-corrected chi connectivity index (χ0v) is 9.48. The summed E-state index contributed by atoms with van der Waals surface area (Å²) in [5.41, 5.74) is -1.26. The van der Waals surface area contributed by atoms with Crippen molar-refractivity contribution in [3.05, 3.63) is 52.7 Å². The minimum absolute atomic E-state index is 0.126. The molecule has 0 radical (unpaired) electrons. The average molecular weight is 275 g/mol. The van der Waals surface area contributed by atoms with Crippen molar-refractivity contribution in [3.63, 3.8) is 0 Å². The van der Waals surface area contributed by atoms with Crippen LogP contribution in [0.2, 0.25) is 0 Å². The van der Waals surface area contributed by atoms with Gasteiger partial charge < -0.3 is 4.42 Å². The molecule has 0 aliphatic rings. The van der Waals surface area contributed by atoms with E-state index in [9.17, 15) is 22.0 Å². The lowest BCUT2D eigenvalue weighted by Crippen LogP contribution is -2.00. The molecule has 2 aromatic rings. The zero-order valence-electron chi connectivity index (χ0n) is 9.48. The van der Waals surface area contributed by atoms with Crippen LogP contribution in [0.4, 0.5) is 27.6 Å². The molecule has 19 heavy (non-hydrogen) atoms. The summed E-state index contributed by atoms with van der Waals surface area (Å²) in [6, 6.07) is 2.99. The average Bonchev–Trinajstić information content (AvgIpc) is 2.80. The van der Waals surface area contributed by atoms with E-state index >= 15 is 0 Å². The summed E-state index contributed by atoms with van der Waals surface area (Å²) in [6.45, 7) is 1.62. The number of halogens is 5. The summed E-state index contributed by atoms with van der Waals surface area (Å²) >= 11 is 0. The Bertz CT molecular complexity index is 633. The van der Waals surface area contributed by atoms with Gasteiger partial charge in [-0.1, -0.05) is 0 Å². The van der Waals surface area contributed by atoms with E-state index in [4.69, 9.17) is 4.42 Å². The van der Waals surface area contributed by atoms with Crippen molar-refractivity contribution < 1.29 is 26.4 Å². The van der Waals surface area contributed by atoms with E-state index in [2.05, 4.69) is 4.99 Å². The number of hydrogen-bond acceptors (Lipinski definition) is 2. The molecule has 0 saturated heterocycles. The molecular formula is C12H6F5NO. The lowest BCUT2D eigenvalue weighted by atomic mass is 10.2. The number of nitrogens with zero attached hydrogens (tertiary/aromatic N) is 1. The molecule has 0 aliphatic carbocycles. The Balaban J connectivity index is 2.49. The van der Waals surface area contributed by atoms with Crippen LogP contribution in [0.5, 0.6) is 0 Å². The molecule has 0 atom stereocenters. The van der Waals surface area contributed by atoms with Crippen molar-refractivity contribution >= 4 is 11.9 Å². The smallest absolute Gasteiger partial charge is 0.200 e. The first-order valence-electron chi connectivity index (χ1n) is 5.03. The highest BCUT2D eigenvalue weighted by Gasteiger charge is 2.25. The van der Waals surface area contributed by atoms with Gasteiger partial charge in [0.25, 0.3) is 0 Å². The van der Waals surface area contributed by atoms with Crippen LogP contribution in [0.15, 0.2) is 21.5 Å². The van der Waals surface area contributed by atoms with Gasteiger partial charge in [-0.05, 0) is 19.1 Å². The molecule has 0 saturated carbocycles. The van der Waals surface area contributed by atoms with Crippen LogP contribution in [0, 0.1) is 36.0 Å². The summed E-state index contributed by atoms with van der Waals surface area (Å²) < 4.78 is 70.0. The molecule has 0 aliphatic heterocycles. The van der Waals surface area contributed by atoms with Gasteiger partial charge in [0.1, 0.15) is 17.2 Å². The Hall–Kier alpha value is -2.18. The predicted molar refractivity (Wildman–Crippen MR) is 56.9 cm³/mol. The fourth-order valence-corrected chi connectivity index (χ4v) is 1.36. The van der Waals surface area contributed by atoms with Gasteiger partial charge in [0.2, 0.25) is 5.82 Å². The molecule has 2 rings (SSSR count). The summed E-state index contributed by atoms with van der Waals surface area (Å²) in [5.74, 6) is -9.64. The molecule has 100 valence electrons. The second-order valence-electron chi connectivity index (χ2n) is 3.63. The van der Waals surface area contributed by atoms with E-state index in [1.165, 1.54) is 6.07 Å². The van der Waals surface area contributed by atoms with Crippen LogP contribution in [-0.2, 0) is 0 Å². The first-order valence-corrected chi connectivity index (χ1v) is 5.03. The Morgan fingerprint density at radius 1 is 0.895 bits per heavy atom. The number of rotatable bonds is 2. The van der Waals surface area contributed by atoms with Crippen LogP contribution < -0.4 is 0 Å². The number of aliphatic imine (C=N–C) groups is 1. The summed E-state index contributed by atoms with van der Waals surface area (Å²) in [4.78, 5) is 3.24. The number of aryl methyl sites for hydroxylation is 1. The van der Waals surface area contributed by atoms with Gasteiger partial charge in [0, 0.05) is 0 Å². The molecular weight excluding hydrogens is 269 g/mol. The molecule has 0 fully saturated rings. The van der Waals surface area contributed by atoms with Gasteiger partial charge >= 0.3 is 0 Å². The van der Waals surface area contributed by atoms with Crippen molar-refractivity contribution in [1.29, 1.82) is 0 Å². The van der Waals surface area contributed by atoms with Crippen molar-refractivity contribution in [3.8, 4) is 0 Å². The van der Waals surface area contributed by atoms with Gasteiger partial charge in [-0.25, -0.2) is 26.9 Å². The van der Waals surface area contributed by atoms with Crippen LogP contribution in [0.25, 0.3) is 0 Å². The van der Waals surface area contributed by atoms with E-state index in [0.717, 1.165) is 6.21 Å². The summed E-state index contributed by atoms with van der Waals surface area (Å²) in [5, 5.41) is 0. The molecule has 0 unspecified atom stereocenters. The first kappa shape index (κ1) is 13.3. The maximum Gasteiger partial charge on any atom is 0.200 e. The SMILES string of the molecule is Cc1ccc(C=Nc2c(F)c(F)c(F)c(F)c2F)o1. The second kappa shape index (κ2) is 4.83. The molecule has 1 heterocycles. The lowest BCUT2D eigenvalue weighted by molar-refractivity contribution is 0.381. The van der Waals surface area contributed by atoms with Crippen molar-refractivity contribution in [2.75, 3.05) is 0 Å². The zero-order chi connectivity index (χ0) is 14.2. The third-order valence-corrected chi connectivity index (χ3v) is 2.27. The van der Waals surface area contributed by atoms with Gasteiger partial charge in [-0.15, -0.1) is 0 Å². The van der Waals surface area contributed by atoms with Crippen molar-refractivity contribution in [1.82, 2.24) is 0 Å². The van der Waals surface area contributed by atoms with Gasteiger partial charge in [0.05, 0.1) is 6.21 Å². The third-order valence-electron chi connectivity index (χ3n) is 2.27. The molecule has 0 bridgehead atoms. The molecule has 0 N–H and O–H groups in total. The van der Waals surface area contributed by atoms with Crippen molar-refractivity contribution in [2.45, 2.75) is 6.92 Å². The van der Waals surface area contributed by atoms with Gasteiger partial charge in [0.15, 0.2) is 23.3 Å². The molecule has 0 spiro atoms. The fraction of sp³-hybridized carbons (Fsp3) is 0.0833. The standard InChI is InChI=1S/C12H6F5NO/c1-5-2-3-6(19-5)4-18-12-10(16)8(14)7(13)9(15)11(12)17/h2-4H,1H3. The highest BCUT2D eigenvalue weighted by atomic mass is 19.2. The normalized spacial score (nSPS) is 11.5. The number of hydrogen-bond donors (Lipinski definition) is 0. The molecule has 1 aromatic carbocycles. The maximum atomic E-state index is 13.2. The van der Waals surface area contributed by atoms with Crippen LogP contribution in [0.3, 0.4) is 0 Å². The predicted octanol–water partition coefficient (Wildman–Crippen LogP) is 4.03. The number of furan rings is 1. The fourth-order valence-electron chi connectivity index (χ4n) is 1.36. The second-order valence-corrected chi connectivity index (χ2v) is 3.63. The van der Waals surface area contributed by atoms with E-state index in [-0.39, 0.29) is 5.76 Å². The van der Waals surface area contributed by atoms with E-state index < -0.39 is 34.8 Å². The molecule has 1 aromatic heterocycles. The Labute approximate surface area is 104 Å². The van der Waals surface area contributed by atoms with E-state index in [1.54, 1.807) is 13.0 Å². The topological polar surface area (TPSA) is 25.5 Å². The van der Waals surface area contributed by atoms with Gasteiger partial charge in [-0.2, -0.15) is 0 Å². The first-order chi connectivity index (χ1) is 8.91. The molecule has 7 heteroatoms. The quantitative estimate of drug-likeness (QED) is 0.351. The summed E-state index contributed by atoms with van der Waals surface area (Å²) in [6.07, 6.45) is 0.866. The van der Waals surface area contributed by atoms with Crippen LogP contribution >= 0.6 is 0 Å². The van der Waals surface area contributed by atoms with Gasteiger partial charge in [-0.3, -0.25) is 0 Å². The maximum absolute atomic E-state index is 13.2. The Kier molecular flexibility index (Phi) is 3.37. The van der Waals surface area contributed by atoms with Crippen LogP contribution in [0.1, 0.15) is 11.5 Å². The Morgan fingerprint density at radius 2 is 1.42 bits per heavy atom. The Morgan fingerprint density at radius 3 is 1.89 bits per heavy atom.